The Morgan fingerprint density at radius 3 is 2.53 bits per heavy atom. The van der Waals surface area contributed by atoms with Crippen molar-refractivity contribution in [2.24, 2.45) is 17.3 Å². The Kier molecular flexibility index (Phi) is 7.49. The van der Waals surface area contributed by atoms with Crippen molar-refractivity contribution < 1.29 is 14.7 Å². The topological polar surface area (TPSA) is 60.9 Å². The molecule has 3 atom stereocenters. The van der Waals surface area contributed by atoms with Gasteiger partial charge in [0.05, 0.1) is 12.1 Å². The fraction of sp³-hybridized carbons (Fsp3) is 0.742. The van der Waals surface area contributed by atoms with Crippen LogP contribution in [0.3, 0.4) is 0 Å². The summed E-state index contributed by atoms with van der Waals surface area (Å²) in [5.74, 6) is 1.40. The average Bonchev–Trinajstić information content (AvgIpc) is 3.49. The number of hydrogen-bond donors (Lipinski definition) is 1. The van der Waals surface area contributed by atoms with Crippen LogP contribution >= 0.6 is 0 Å². The molecule has 0 aromatic heterocycles. The van der Waals surface area contributed by atoms with Gasteiger partial charge in [-0.3, -0.25) is 9.59 Å². The van der Waals surface area contributed by atoms with Crippen molar-refractivity contribution >= 4 is 11.8 Å². The third-order valence-electron chi connectivity index (χ3n) is 10.3. The Labute approximate surface area is 217 Å². The number of carbonyl (C=O) groups excluding carboxylic acids is 2. The lowest BCUT2D eigenvalue weighted by Crippen LogP contribution is -2.64. The molecule has 0 radical (unpaired) electrons. The second-order valence-corrected chi connectivity index (χ2v) is 12.7. The van der Waals surface area contributed by atoms with E-state index in [2.05, 4.69) is 36.9 Å². The molecule has 198 valence electrons. The number of amides is 2. The molecule has 5 heteroatoms. The summed E-state index contributed by atoms with van der Waals surface area (Å²) in [5, 5.41) is 12.2. The highest BCUT2D eigenvalue weighted by molar-refractivity contribution is 5.80. The van der Waals surface area contributed by atoms with Crippen LogP contribution in [0.2, 0.25) is 0 Å². The molecule has 5 nitrogen and oxygen atoms in total. The molecule has 36 heavy (non-hydrogen) atoms. The summed E-state index contributed by atoms with van der Waals surface area (Å²) in [4.78, 5) is 30.6. The number of piperidine rings is 1. The van der Waals surface area contributed by atoms with E-state index in [0.717, 1.165) is 32.1 Å². The van der Waals surface area contributed by atoms with Crippen LogP contribution < -0.4 is 0 Å². The van der Waals surface area contributed by atoms with Crippen molar-refractivity contribution in [3.8, 4) is 0 Å². The first-order chi connectivity index (χ1) is 17.3. The first-order valence-electron chi connectivity index (χ1n) is 14.6. The predicted molar refractivity (Wildman–Crippen MR) is 143 cm³/mol. The van der Waals surface area contributed by atoms with Gasteiger partial charge in [0.1, 0.15) is 0 Å². The third-order valence-corrected chi connectivity index (χ3v) is 10.3. The molecule has 1 aromatic rings. The molecule has 1 aromatic carbocycles. The molecule has 4 fully saturated rings. The van der Waals surface area contributed by atoms with Crippen molar-refractivity contribution in [1.82, 2.24) is 9.80 Å². The summed E-state index contributed by atoms with van der Waals surface area (Å²) in [6.45, 7) is 6.59. The molecule has 1 N–H and O–H groups in total. The van der Waals surface area contributed by atoms with Crippen LogP contribution in [0.1, 0.15) is 101 Å². The van der Waals surface area contributed by atoms with Gasteiger partial charge in [-0.2, -0.15) is 0 Å². The summed E-state index contributed by atoms with van der Waals surface area (Å²) in [6, 6.07) is 8.36. The van der Waals surface area contributed by atoms with Gasteiger partial charge in [-0.05, 0) is 49.7 Å². The maximum absolute atomic E-state index is 13.5. The summed E-state index contributed by atoms with van der Waals surface area (Å²) < 4.78 is 0. The second-order valence-electron chi connectivity index (χ2n) is 12.7. The van der Waals surface area contributed by atoms with Crippen molar-refractivity contribution in [1.29, 1.82) is 0 Å². The number of β-amino-alcohol motifs (C(OH)–C–C–N with tert-alkyl or cyclic N) is 1. The van der Waals surface area contributed by atoms with Crippen molar-refractivity contribution in [2.75, 3.05) is 26.2 Å². The largest absolute Gasteiger partial charge is 0.387 e. The van der Waals surface area contributed by atoms with Crippen molar-refractivity contribution in [2.45, 2.75) is 102 Å². The van der Waals surface area contributed by atoms with E-state index in [1.54, 1.807) is 0 Å². The van der Waals surface area contributed by atoms with E-state index in [4.69, 9.17) is 0 Å². The van der Waals surface area contributed by atoms with Gasteiger partial charge in [-0.25, -0.2) is 0 Å². The van der Waals surface area contributed by atoms with Crippen LogP contribution in [0.4, 0.5) is 0 Å². The van der Waals surface area contributed by atoms with E-state index in [-0.39, 0.29) is 29.1 Å². The van der Waals surface area contributed by atoms with Gasteiger partial charge in [0.25, 0.3) is 0 Å². The molecule has 5 rings (SSSR count). The highest BCUT2D eigenvalue weighted by Crippen LogP contribution is 2.52. The maximum Gasteiger partial charge on any atom is 0.225 e. The molecule has 0 unspecified atom stereocenters. The molecule has 2 aliphatic heterocycles. The molecule has 2 aliphatic carbocycles. The lowest BCUT2D eigenvalue weighted by Gasteiger charge is -2.53. The normalized spacial score (nSPS) is 29.8. The lowest BCUT2D eigenvalue weighted by molar-refractivity contribution is -0.167. The van der Waals surface area contributed by atoms with Gasteiger partial charge >= 0.3 is 0 Å². The van der Waals surface area contributed by atoms with E-state index in [9.17, 15) is 14.7 Å². The number of rotatable bonds is 6. The zero-order valence-corrected chi connectivity index (χ0v) is 22.5. The molecular weight excluding hydrogens is 448 g/mol. The second kappa shape index (κ2) is 10.5. The van der Waals surface area contributed by atoms with Crippen LogP contribution in [0, 0.1) is 24.2 Å². The first kappa shape index (κ1) is 25.8. The standard InChI is InChI=1S/C31H46N2O3/c1-23-10-6-7-13-27(23)26-19-28(34)33(20-26)22-31(36)16-17-32(21-30(31)14-8-9-15-30)29(35)24(2)18-25-11-4-3-5-12-25/h6-7,10,13,24-26,36H,3-5,8-9,11-12,14-22H2,1-2H3/t24-,26+,31-/m1/s1. The Morgan fingerprint density at radius 2 is 1.81 bits per heavy atom. The fourth-order valence-electron chi connectivity index (χ4n) is 8.12. The molecule has 2 saturated carbocycles. The molecule has 1 spiro atoms. The number of carbonyl (C=O) groups is 2. The molecule has 4 aliphatic rings. The zero-order chi connectivity index (χ0) is 25.3. The summed E-state index contributed by atoms with van der Waals surface area (Å²) >= 11 is 0. The van der Waals surface area contributed by atoms with E-state index < -0.39 is 5.60 Å². The van der Waals surface area contributed by atoms with Gasteiger partial charge in [0.15, 0.2) is 0 Å². The van der Waals surface area contributed by atoms with Crippen LogP contribution in [0.5, 0.6) is 0 Å². The zero-order valence-electron chi connectivity index (χ0n) is 22.5. The van der Waals surface area contributed by atoms with Gasteiger partial charge in [0, 0.05) is 43.3 Å². The average molecular weight is 495 g/mol. The van der Waals surface area contributed by atoms with Gasteiger partial charge < -0.3 is 14.9 Å². The van der Waals surface area contributed by atoms with E-state index >= 15 is 0 Å². The van der Waals surface area contributed by atoms with Crippen LogP contribution in [0.25, 0.3) is 0 Å². The molecular formula is C31H46N2O3. The number of benzene rings is 1. The van der Waals surface area contributed by atoms with Gasteiger partial charge in [-0.15, -0.1) is 0 Å². The quantitative estimate of drug-likeness (QED) is 0.573. The Morgan fingerprint density at radius 1 is 1.08 bits per heavy atom. The molecule has 2 heterocycles. The minimum atomic E-state index is -0.914. The van der Waals surface area contributed by atoms with Crippen LogP contribution in [-0.2, 0) is 9.59 Å². The van der Waals surface area contributed by atoms with Crippen LogP contribution in [-0.4, -0.2) is 58.5 Å². The van der Waals surface area contributed by atoms with Crippen molar-refractivity contribution in [3.05, 3.63) is 35.4 Å². The third kappa shape index (κ3) is 4.97. The molecule has 2 amide bonds. The summed E-state index contributed by atoms with van der Waals surface area (Å²) in [7, 11) is 0. The van der Waals surface area contributed by atoms with E-state index in [1.807, 2.05) is 11.0 Å². The minimum Gasteiger partial charge on any atom is -0.387 e. The highest BCUT2D eigenvalue weighted by Gasteiger charge is 2.57. The van der Waals surface area contributed by atoms with Gasteiger partial charge in [-0.1, -0.05) is 76.1 Å². The van der Waals surface area contributed by atoms with Gasteiger partial charge in [0.2, 0.25) is 11.8 Å². The van der Waals surface area contributed by atoms with Crippen LogP contribution in [0.15, 0.2) is 24.3 Å². The number of hydrogen-bond acceptors (Lipinski definition) is 3. The van der Waals surface area contributed by atoms with Crippen molar-refractivity contribution in [3.63, 3.8) is 0 Å². The number of nitrogens with zero attached hydrogens (tertiary/aromatic N) is 2. The summed E-state index contributed by atoms with van der Waals surface area (Å²) in [5.41, 5.74) is 1.29. The SMILES string of the molecule is Cc1ccccc1[C@H]1CC(=O)N(C[C@]2(O)CCN(C(=O)[C@H](C)CC3CCCCC3)CC23CCCC3)C1. The number of likely N-dealkylation sites (tertiary alicyclic amines) is 2. The molecule has 0 bridgehead atoms. The number of aliphatic hydroxyl groups is 1. The Balaban J connectivity index is 1.26. The van der Waals surface area contributed by atoms with E-state index in [1.165, 1.54) is 43.2 Å². The predicted octanol–water partition coefficient (Wildman–Crippen LogP) is 5.44. The molecule has 2 saturated heterocycles. The minimum absolute atomic E-state index is 0.0628. The highest BCUT2D eigenvalue weighted by atomic mass is 16.3. The number of aryl methyl sites for hydroxylation is 1. The Hall–Kier alpha value is -1.88. The maximum atomic E-state index is 13.5. The smallest absolute Gasteiger partial charge is 0.225 e. The Bertz CT molecular complexity index is 949. The monoisotopic (exact) mass is 494 g/mol. The lowest BCUT2D eigenvalue weighted by atomic mass is 9.65. The summed E-state index contributed by atoms with van der Waals surface area (Å²) in [6.07, 6.45) is 12.7. The first-order valence-corrected chi connectivity index (χ1v) is 14.6. The fourth-order valence-corrected chi connectivity index (χ4v) is 8.12. The van der Waals surface area contributed by atoms with E-state index in [0.29, 0.717) is 44.9 Å².